The summed E-state index contributed by atoms with van der Waals surface area (Å²) < 4.78 is 16.0. The number of carbonyl (C=O) groups is 1. The highest BCUT2D eigenvalue weighted by atomic mass is 16.5. The molecule has 0 unspecified atom stereocenters. The molecule has 4 rings (SSSR count). The van der Waals surface area contributed by atoms with Gasteiger partial charge in [-0.15, -0.1) is 0 Å². The molecule has 1 saturated heterocycles. The molecule has 2 N–H and O–H groups in total. The third-order valence-corrected chi connectivity index (χ3v) is 5.24. The Hall–Kier alpha value is -3.75. The summed E-state index contributed by atoms with van der Waals surface area (Å²) in [5.41, 5.74) is 6.90. The largest absolute Gasteiger partial charge is 0.493 e. The third-order valence-electron chi connectivity index (χ3n) is 5.24. The zero-order valence-electron chi connectivity index (χ0n) is 17.6. The summed E-state index contributed by atoms with van der Waals surface area (Å²) in [4.78, 5) is 25.6. The van der Waals surface area contributed by atoms with Crippen LogP contribution in [0.3, 0.4) is 0 Å². The van der Waals surface area contributed by atoms with Crippen molar-refractivity contribution in [3.8, 4) is 11.5 Å². The second kappa shape index (κ2) is 8.95. The van der Waals surface area contributed by atoms with E-state index in [1.54, 1.807) is 56.9 Å². The highest BCUT2D eigenvalue weighted by molar-refractivity contribution is 5.92. The van der Waals surface area contributed by atoms with Gasteiger partial charge in [-0.3, -0.25) is 4.79 Å². The van der Waals surface area contributed by atoms with Gasteiger partial charge in [0.1, 0.15) is 11.6 Å². The molecule has 0 aliphatic carbocycles. The van der Waals surface area contributed by atoms with Crippen LogP contribution in [0.2, 0.25) is 0 Å². The molecule has 162 valence electrons. The summed E-state index contributed by atoms with van der Waals surface area (Å²) in [6.45, 7) is 2.56. The first-order valence-electron chi connectivity index (χ1n) is 10.0. The van der Waals surface area contributed by atoms with E-state index in [2.05, 4.69) is 9.88 Å². The maximum Gasteiger partial charge on any atom is 0.246 e. The van der Waals surface area contributed by atoms with Crippen molar-refractivity contribution in [2.24, 2.45) is 0 Å². The number of benzene rings is 1. The topological polar surface area (TPSA) is 107 Å². The summed E-state index contributed by atoms with van der Waals surface area (Å²) in [6.07, 6.45) is 5.60. The molecule has 9 heteroatoms. The van der Waals surface area contributed by atoms with Crippen LogP contribution in [-0.4, -0.2) is 61.2 Å². The van der Waals surface area contributed by atoms with Gasteiger partial charge >= 0.3 is 0 Å². The summed E-state index contributed by atoms with van der Waals surface area (Å²) in [5.74, 6) is 2.67. The summed E-state index contributed by atoms with van der Waals surface area (Å²) in [6, 6.07) is 7.17. The van der Waals surface area contributed by atoms with Crippen molar-refractivity contribution < 1.29 is 18.7 Å². The van der Waals surface area contributed by atoms with Crippen molar-refractivity contribution in [3.63, 3.8) is 0 Å². The fraction of sp³-hybridized carbons (Fsp3) is 0.318. The van der Waals surface area contributed by atoms with E-state index in [0.717, 1.165) is 13.0 Å². The van der Waals surface area contributed by atoms with Crippen LogP contribution >= 0.6 is 0 Å². The van der Waals surface area contributed by atoms with Crippen LogP contribution in [0.1, 0.15) is 12.2 Å². The van der Waals surface area contributed by atoms with E-state index in [1.807, 2.05) is 4.90 Å². The second-order valence-corrected chi connectivity index (χ2v) is 7.15. The van der Waals surface area contributed by atoms with E-state index in [0.29, 0.717) is 59.6 Å². The number of methoxy groups -OCH3 is 2. The van der Waals surface area contributed by atoms with Crippen LogP contribution in [-0.2, 0) is 4.79 Å². The third kappa shape index (κ3) is 4.40. The molecule has 1 aliphatic heterocycles. The van der Waals surface area contributed by atoms with E-state index in [-0.39, 0.29) is 5.91 Å². The lowest BCUT2D eigenvalue weighted by atomic mass is 10.2. The maximum atomic E-state index is 12.6. The molecule has 0 saturated carbocycles. The molecule has 0 radical (unpaired) electrons. The van der Waals surface area contributed by atoms with Gasteiger partial charge in [0.05, 0.1) is 26.0 Å². The number of nitrogen functional groups attached to an aromatic ring is 1. The lowest BCUT2D eigenvalue weighted by Crippen LogP contribution is -2.34. The lowest BCUT2D eigenvalue weighted by molar-refractivity contribution is -0.125. The maximum absolute atomic E-state index is 12.6. The van der Waals surface area contributed by atoms with Gasteiger partial charge in [-0.2, -0.15) is 4.98 Å². The number of carbonyl (C=O) groups excluding carboxylic acids is 1. The zero-order valence-corrected chi connectivity index (χ0v) is 17.6. The SMILES string of the molecule is COc1cc2nc(N3CCCN(C(=O)C=Cc4ccco4)CC3)nc(N)c2cc1OC. The molecule has 1 aliphatic rings. The van der Waals surface area contributed by atoms with Gasteiger partial charge in [-0.1, -0.05) is 0 Å². The number of anilines is 2. The smallest absolute Gasteiger partial charge is 0.246 e. The van der Waals surface area contributed by atoms with Crippen molar-refractivity contribution in [3.05, 3.63) is 42.4 Å². The second-order valence-electron chi connectivity index (χ2n) is 7.15. The Morgan fingerprint density at radius 1 is 1.13 bits per heavy atom. The summed E-state index contributed by atoms with van der Waals surface area (Å²) in [5, 5.41) is 0.705. The van der Waals surface area contributed by atoms with Crippen LogP contribution in [0, 0.1) is 0 Å². The molecule has 1 amide bonds. The summed E-state index contributed by atoms with van der Waals surface area (Å²) in [7, 11) is 3.15. The van der Waals surface area contributed by atoms with Crippen LogP contribution in [0.15, 0.2) is 41.0 Å². The molecule has 1 aromatic carbocycles. The number of ether oxygens (including phenoxy) is 2. The van der Waals surface area contributed by atoms with Crippen molar-refractivity contribution in [2.75, 3.05) is 51.0 Å². The van der Waals surface area contributed by atoms with Crippen LogP contribution < -0.4 is 20.1 Å². The monoisotopic (exact) mass is 423 g/mol. The molecule has 9 nitrogen and oxygen atoms in total. The van der Waals surface area contributed by atoms with Crippen LogP contribution in [0.4, 0.5) is 11.8 Å². The number of furan rings is 1. The lowest BCUT2D eigenvalue weighted by Gasteiger charge is -2.22. The molecule has 2 aromatic heterocycles. The Bertz CT molecular complexity index is 1100. The minimum Gasteiger partial charge on any atom is -0.493 e. The number of nitrogens with two attached hydrogens (primary N) is 1. The molecule has 3 aromatic rings. The van der Waals surface area contributed by atoms with Crippen molar-refractivity contribution in [1.82, 2.24) is 14.9 Å². The normalized spacial score (nSPS) is 14.8. The van der Waals surface area contributed by atoms with Gasteiger partial charge in [-0.05, 0) is 30.7 Å². The number of rotatable bonds is 5. The predicted octanol–water partition coefficient (Wildman–Crippen LogP) is 2.57. The first kappa shape index (κ1) is 20.5. The van der Waals surface area contributed by atoms with Gasteiger partial charge in [0.25, 0.3) is 0 Å². The van der Waals surface area contributed by atoms with E-state index in [4.69, 9.17) is 24.6 Å². The van der Waals surface area contributed by atoms with E-state index in [1.165, 1.54) is 0 Å². The fourth-order valence-corrected chi connectivity index (χ4v) is 3.59. The van der Waals surface area contributed by atoms with Gasteiger partial charge in [-0.25, -0.2) is 4.98 Å². The molecule has 31 heavy (non-hydrogen) atoms. The molecule has 0 atom stereocenters. The molecular formula is C22H25N5O4. The number of fused-ring (bicyclic) bond motifs is 1. The number of amides is 1. The first-order chi connectivity index (χ1) is 15.1. The minimum absolute atomic E-state index is 0.0472. The van der Waals surface area contributed by atoms with Crippen LogP contribution in [0.5, 0.6) is 11.5 Å². The highest BCUT2D eigenvalue weighted by Gasteiger charge is 2.21. The Labute approximate surface area is 180 Å². The molecule has 1 fully saturated rings. The van der Waals surface area contributed by atoms with E-state index < -0.39 is 0 Å². The van der Waals surface area contributed by atoms with Gasteiger partial charge in [0, 0.05) is 43.7 Å². The predicted molar refractivity (Wildman–Crippen MR) is 118 cm³/mol. The number of hydrogen-bond donors (Lipinski definition) is 1. The average Bonchev–Trinajstić information content (AvgIpc) is 3.18. The van der Waals surface area contributed by atoms with Crippen molar-refractivity contribution in [1.29, 1.82) is 0 Å². The quantitative estimate of drug-likeness (QED) is 0.624. The number of hydrogen-bond acceptors (Lipinski definition) is 8. The number of aromatic nitrogens is 2. The van der Waals surface area contributed by atoms with Gasteiger partial charge in [0.15, 0.2) is 11.5 Å². The Balaban J connectivity index is 1.51. The Morgan fingerprint density at radius 2 is 1.94 bits per heavy atom. The van der Waals surface area contributed by atoms with Crippen molar-refractivity contribution >= 4 is 34.7 Å². The summed E-state index contributed by atoms with van der Waals surface area (Å²) >= 11 is 0. The van der Waals surface area contributed by atoms with E-state index in [9.17, 15) is 4.79 Å². The molecule has 3 heterocycles. The Morgan fingerprint density at radius 3 is 2.68 bits per heavy atom. The minimum atomic E-state index is -0.0472. The fourth-order valence-electron chi connectivity index (χ4n) is 3.59. The zero-order chi connectivity index (χ0) is 21.8. The highest BCUT2D eigenvalue weighted by Crippen LogP contribution is 2.34. The molecule has 0 bridgehead atoms. The first-order valence-corrected chi connectivity index (χ1v) is 10.0. The molecule has 0 spiro atoms. The van der Waals surface area contributed by atoms with E-state index >= 15 is 0 Å². The van der Waals surface area contributed by atoms with Gasteiger partial charge in [0.2, 0.25) is 11.9 Å². The standard InChI is InChI=1S/C22H25N5O4/c1-29-18-13-16-17(14-19(18)30-2)24-22(25-21(16)23)27-9-4-8-26(10-11-27)20(28)7-6-15-5-3-12-31-15/h3,5-7,12-14H,4,8-11H2,1-2H3,(H2,23,24,25). The Kier molecular flexibility index (Phi) is 5.92. The van der Waals surface area contributed by atoms with Crippen molar-refractivity contribution in [2.45, 2.75) is 6.42 Å². The van der Waals surface area contributed by atoms with Gasteiger partial charge < -0.3 is 29.4 Å². The average molecular weight is 423 g/mol. The van der Waals surface area contributed by atoms with Crippen LogP contribution in [0.25, 0.3) is 17.0 Å². The number of nitrogens with zero attached hydrogens (tertiary/aromatic N) is 4. The molecular weight excluding hydrogens is 398 g/mol.